The van der Waals surface area contributed by atoms with Crippen molar-refractivity contribution in [2.24, 2.45) is 0 Å². The van der Waals surface area contributed by atoms with Gasteiger partial charge in [0.2, 0.25) is 0 Å². The number of benzene rings is 3. The highest BCUT2D eigenvalue weighted by Gasteiger charge is 2.17. The molecule has 0 unspecified atom stereocenters. The molecule has 41 heavy (non-hydrogen) atoms. The van der Waals surface area contributed by atoms with Gasteiger partial charge in [0.1, 0.15) is 12.4 Å². The first-order chi connectivity index (χ1) is 19.0. The maximum absolute atomic E-state index is 11.2. The fourth-order valence-electron chi connectivity index (χ4n) is 4.83. The molecule has 9 heteroatoms. The second kappa shape index (κ2) is 15.1. The minimum Gasteiger partial charge on any atom is -0.489 e. The molecule has 1 N–H and O–H groups in total. The van der Waals surface area contributed by atoms with E-state index in [1.165, 1.54) is 30.5 Å². The third kappa shape index (κ3) is 8.38. The van der Waals surface area contributed by atoms with Gasteiger partial charge in [-0.2, -0.15) is 0 Å². The van der Waals surface area contributed by atoms with E-state index in [0.29, 0.717) is 18.7 Å². The van der Waals surface area contributed by atoms with Crippen LogP contribution in [0.4, 0.5) is 10.8 Å². The largest absolute Gasteiger partial charge is 0.489 e. The van der Waals surface area contributed by atoms with E-state index in [0.717, 1.165) is 40.8 Å². The van der Waals surface area contributed by atoms with E-state index >= 15 is 0 Å². The molecule has 5 rings (SSSR count). The van der Waals surface area contributed by atoms with Gasteiger partial charge in [0.05, 0.1) is 11.3 Å². The topological polar surface area (TPSA) is 65.9 Å². The molecule has 1 aliphatic rings. The summed E-state index contributed by atoms with van der Waals surface area (Å²) in [5, 5.41) is 12.2. The highest BCUT2D eigenvalue weighted by molar-refractivity contribution is 7.14. The van der Waals surface area contributed by atoms with E-state index in [1.54, 1.807) is 23.5 Å². The summed E-state index contributed by atoms with van der Waals surface area (Å²) in [5.41, 5.74) is 5.79. The molecule has 3 aromatic carbocycles. The van der Waals surface area contributed by atoms with Crippen LogP contribution in [0.25, 0.3) is 11.3 Å². The van der Waals surface area contributed by atoms with Crippen molar-refractivity contribution in [3.8, 4) is 17.0 Å². The van der Waals surface area contributed by atoms with E-state index in [1.807, 2.05) is 24.3 Å². The molecule has 1 fully saturated rings. The first kappa shape index (κ1) is 32.3. The Morgan fingerprint density at radius 2 is 1.68 bits per heavy atom. The Morgan fingerprint density at radius 3 is 2.34 bits per heavy atom. The lowest BCUT2D eigenvalue weighted by Crippen LogP contribution is -2.30. The summed E-state index contributed by atoms with van der Waals surface area (Å²) in [5.74, 6) is -0.0727. The molecule has 0 amide bonds. The number of carboxylic acid groups (broad SMARTS) is 1. The average molecular weight is 615 g/mol. The highest BCUT2D eigenvalue weighted by atomic mass is 35.5. The zero-order valence-corrected chi connectivity index (χ0v) is 25.8. The Kier molecular flexibility index (Phi) is 11.9. The quantitative estimate of drug-likeness (QED) is 0.194. The van der Waals surface area contributed by atoms with Gasteiger partial charge in [0, 0.05) is 42.3 Å². The zero-order valence-electron chi connectivity index (χ0n) is 23.4. The third-order valence-electron chi connectivity index (χ3n) is 7.10. The first-order valence-electron chi connectivity index (χ1n) is 13.6. The Morgan fingerprint density at radius 1 is 0.976 bits per heavy atom. The summed E-state index contributed by atoms with van der Waals surface area (Å²) in [6.45, 7) is 7.76. The Labute approximate surface area is 258 Å². The van der Waals surface area contributed by atoms with E-state index in [-0.39, 0.29) is 30.9 Å². The number of carbonyl (C=O) groups is 1. The number of hydrogen-bond acceptors (Lipinski definition) is 6. The van der Waals surface area contributed by atoms with E-state index < -0.39 is 5.97 Å². The minimum atomic E-state index is -0.912. The SMILES string of the molecule is CC(C)N(Cc1ccc(C(=O)O)cc1)c1nc(-c2ccc(OCc3cccc(N4CCCCC4)c3)cc2)cs1.Cl.Cl. The number of aromatic carboxylic acids is 1. The molecular formula is C32H37Cl2N3O3S. The molecule has 1 aliphatic heterocycles. The number of ether oxygens (including phenoxy) is 1. The number of aromatic nitrogens is 1. The van der Waals surface area contributed by atoms with Crippen LogP contribution in [0, 0.1) is 0 Å². The van der Waals surface area contributed by atoms with Crippen molar-refractivity contribution < 1.29 is 14.6 Å². The molecule has 1 saturated heterocycles. The summed E-state index contributed by atoms with van der Waals surface area (Å²) in [6, 6.07) is 24.1. The average Bonchev–Trinajstić information content (AvgIpc) is 3.46. The maximum Gasteiger partial charge on any atom is 0.335 e. The summed E-state index contributed by atoms with van der Waals surface area (Å²) >= 11 is 1.62. The zero-order chi connectivity index (χ0) is 27.2. The number of anilines is 2. The number of hydrogen-bond donors (Lipinski definition) is 1. The van der Waals surface area contributed by atoms with Crippen LogP contribution in [-0.2, 0) is 13.2 Å². The molecule has 0 bridgehead atoms. The smallest absolute Gasteiger partial charge is 0.335 e. The number of rotatable bonds is 10. The first-order valence-corrected chi connectivity index (χ1v) is 14.5. The number of nitrogens with zero attached hydrogens (tertiary/aromatic N) is 3. The Bertz CT molecular complexity index is 1390. The molecule has 0 spiro atoms. The van der Waals surface area contributed by atoms with Gasteiger partial charge in [-0.15, -0.1) is 36.2 Å². The predicted molar refractivity (Wildman–Crippen MR) is 174 cm³/mol. The lowest BCUT2D eigenvalue weighted by molar-refractivity contribution is 0.0697. The lowest BCUT2D eigenvalue weighted by Gasteiger charge is -2.29. The number of piperidine rings is 1. The van der Waals surface area contributed by atoms with Gasteiger partial charge in [0.15, 0.2) is 5.13 Å². The standard InChI is InChI=1S/C32H35N3O3S.2ClH/c1-23(2)35(20-24-9-11-27(12-10-24)31(36)37)32-33-30(22-39-32)26-13-15-29(16-14-26)38-21-25-7-6-8-28(19-25)34-17-4-3-5-18-34;;/h6-16,19,22-23H,3-5,17-18,20-21H2,1-2H3,(H,36,37);2*1H. The molecule has 218 valence electrons. The highest BCUT2D eigenvalue weighted by Crippen LogP contribution is 2.31. The van der Waals surface area contributed by atoms with Crippen molar-refractivity contribution in [1.29, 1.82) is 0 Å². The normalized spacial score (nSPS) is 12.8. The van der Waals surface area contributed by atoms with Crippen LogP contribution in [0.1, 0.15) is 54.6 Å². The number of halogens is 2. The van der Waals surface area contributed by atoms with Gasteiger partial charge in [-0.3, -0.25) is 0 Å². The molecule has 1 aromatic heterocycles. The Balaban J connectivity index is 0.00000231. The van der Waals surface area contributed by atoms with Gasteiger partial charge in [-0.05, 0) is 92.8 Å². The Hall–Kier alpha value is -3.26. The number of thiazole rings is 1. The van der Waals surface area contributed by atoms with Crippen molar-refractivity contribution in [1.82, 2.24) is 4.98 Å². The second-order valence-electron chi connectivity index (χ2n) is 10.3. The fourth-order valence-corrected chi connectivity index (χ4v) is 5.80. The molecule has 4 aromatic rings. The summed E-state index contributed by atoms with van der Waals surface area (Å²) in [6.07, 6.45) is 3.87. The maximum atomic E-state index is 11.2. The summed E-state index contributed by atoms with van der Waals surface area (Å²) < 4.78 is 6.11. The van der Waals surface area contributed by atoms with E-state index in [9.17, 15) is 4.79 Å². The van der Waals surface area contributed by atoms with Crippen molar-refractivity contribution >= 4 is 52.9 Å². The molecular weight excluding hydrogens is 577 g/mol. The summed E-state index contributed by atoms with van der Waals surface area (Å²) in [7, 11) is 0. The van der Waals surface area contributed by atoms with Crippen molar-refractivity contribution in [3.63, 3.8) is 0 Å². The third-order valence-corrected chi connectivity index (χ3v) is 7.98. The molecule has 2 heterocycles. The van der Waals surface area contributed by atoms with Crippen LogP contribution >= 0.6 is 36.2 Å². The van der Waals surface area contributed by atoms with Crippen LogP contribution in [-0.4, -0.2) is 35.2 Å². The van der Waals surface area contributed by atoms with Gasteiger partial charge in [-0.1, -0.05) is 24.3 Å². The van der Waals surface area contributed by atoms with Crippen LogP contribution in [0.3, 0.4) is 0 Å². The van der Waals surface area contributed by atoms with Crippen molar-refractivity contribution in [3.05, 3.63) is 94.9 Å². The van der Waals surface area contributed by atoms with Crippen LogP contribution in [0.2, 0.25) is 0 Å². The van der Waals surface area contributed by atoms with Gasteiger partial charge < -0.3 is 19.6 Å². The van der Waals surface area contributed by atoms with E-state index in [4.69, 9.17) is 14.8 Å². The van der Waals surface area contributed by atoms with Crippen molar-refractivity contribution in [2.75, 3.05) is 22.9 Å². The summed E-state index contributed by atoms with van der Waals surface area (Å²) in [4.78, 5) is 20.8. The van der Waals surface area contributed by atoms with Gasteiger partial charge >= 0.3 is 5.97 Å². The minimum absolute atomic E-state index is 0. The molecule has 0 saturated carbocycles. The monoisotopic (exact) mass is 613 g/mol. The second-order valence-corrected chi connectivity index (χ2v) is 11.1. The van der Waals surface area contributed by atoms with Crippen LogP contribution in [0.15, 0.2) is 78.2 Å². The predicted octanol–water partition coefficient (Wildman–Crippen LogP) is 8.34. The lowest BCUT2D eigenvalue weighted by atomic mass is 10.1. The van der Waals surface area contributed by atoms with Gasteiger partial charge in [-0.25, -0.2) is 9.78 Å². The molecule has 0 atom stereocenters. The van der Waals surface area contributed by atoms with Crippen LogP contribution in [0.5, 0.6) is 5.75 Å². The molecule has 0 aliphatic carbocycles. The van der Waals surface area contributed by atoms with Crippen LogP contribution < -0.4 is 14.5 Å². The molecule has 6 nitrogen and oxygen atoms in total. The fraction of sp³-hybridized carbons (Fsp3) is 0.312. The molecule has 0 radical (unpaired) electrons. The van der Waals surface area contributed by atoms with Gasteiger partial charge in [0.25, 0.3) is 0 Å². The number of carboxylic acids is 1. The van der Waals surface area contributed by atoms with Crippen molar-refractivity contribution in [2.45, 2.75) is 52.3 Å². The van der Waals surface area contributed by atoms with E-state index in [2.05, 4.69) is 65.4 Å².